The molecule has 1 amide bonds. The van der Waals surface area contributed by atoms with Gasteiger partial charge in [0.1, 0.15) is 4.90 Å². The van der Waals surface area contributed by atoms with Crippen LogP contribution in [-0.2, 0) is 40.5 Å². The summed E-state index contributed by atoms with van der Waals surface area (Å²) in [6.45, 7) is -0.00185. The topological polar surface area (TPSA) is 132 Å². The first-order valence-corrected chi connectivity index (χ1v) is 14.1. The zero-order valence-corrected chi connectivity index (χ0v) is 21.4. The first-order valence-electron chi connectivity index (χ1n) is 11.2. The van der Waals surface area contributed by atoms with Crippen molar-refractivity contribution in [2.24, 2.45) is 0 Å². The van der Waals surface area contributed by atoms with E-state index in [0.29, 0.717) is 16.2 Å². The number of benzene rings is 2. The smallest absolute Gasteiger partial charge is 0.417 e. The van der Waals surface area contributed by atoms with Crippen LogP contribution in [0, 0.1) is 0 Å². The number of hydrogen-bond donors (Lipinski definition) is 1. The summed E-state index contributed by atoms with van der Waals surface area (Å²) in [6, 6.07) is 8.88. The molecule has 0 bridgehead atoms. The number of piperidine rings is 1. The number of carbonyl (C=O) groups excluding carboxylic acids is 2. The van der Waals surface area contributed by atoms with E-state index < -0.39 is 65.5 Å². The summed E-state index contributed by atoms with van der Waals surface area (Å²) in [6.07, 6.45) is -4.18. The molecule has 1 aliphatic rings. The molecule has 0 radical (unpaired) electrons. The number of rotatable bonds is 5. The highest BCUT2D eigenvalue weighted by atomic mass is 32.2. The SMILES string of the molecule is COC(=O)C(=O)N1CCC(NS(=O)(=O)c2cn(S(=O)(=O)c3ccccc3)c3cccc(C(F)(F)F)c23)CC1. The Morgan fingerprint density at radius 1 is 0.974 bits per heavy atom. The lowest BCUT2D eigenvalue weighted by molar-refractivity contribution is -0.158. The fourth-order valence-corrected chi connectivity index (χ4v) is 7.25. The van der Waals surface area contributed by atoms with E-state index in [1.165, 1.54) is 29.2 Å². The van der Waals surface area contributed by atoms with E-state index in [1.807, 2.05) is 0 Å². The molecule has 1 aliphatic heterocycles. The number of esters is 1. The standard InChI is InChI=1S/C23H22F3N3O7S2/c1-36-22(31)21(30)28-12-10-15(11-13-28)27-37(32,33)19-14-29(38(34,35)16-6-3-2-4-7-16)18-9-5-8-17(20(18)19)23(24,25)26/h2-9,14-15,27H,10-13H2,1H3. The normalized spacial score (nSPS) is 15.5. The van der Waals surface area contributed by atoms with Crippen LogP contribution in [0.15, 0.2) is 64.5 Å². The van der Waals surface area contributed by atoms with Gasteiger partial charge in [-0.3, -0.25) is 4.79 Å². The third-order valence-corrected chi connectivity index (χ3v) is 9.34. The Morgan fingerprint density at radius 3 is 2.18 bits per heavy atom. The van der Waals surface area contributed by atoms with Gasteiger partial charge in [-0.25, -0.2) is 30.3 Å². The number of hydrogen-bond acceptors (Lipinski definition) is 7. The minimum atomic E-state index is -4.98. The maximum absolute atomic E-state index is 13.9. The van der Waals surface area contributed by atoms with Gasteiger partial charge in [0.15, 0.2) is 0 Å². The van der Waals surface area contributed by atoms with Crippen LogP contribution in [0.5, 0.6) is 0 Å². The number of ether oxygens (including phenoxy) is 1. The molecule has 0 spiro atoms. The predicted molar refractivity (Wildman–Crippen MR) is 128 cm³/mol. The number of halogens is 3. The molecule has 10 nitrogen and oxygen atoms in total. The van der Waals surface area contributed by atoms with Crippen molar-refractivity contribution in [3.05, 3.63) is 60.3 Å². The molecule has 0 saturated carbocycles. The van der Waals surface area contributed by atoms with Gasteiger partial charge in [0, 0.05) is 30.7 Å². The van der Waals surface area contributed by atoms with Crippen molar-refractivity contribution in [1.82, 2.24) is 13.6 Å². The Bertz CT molecular complexity index is 1590. The molecular weight excluding hydrogens is 551 g/mol. The van der Waals surface area contributed by atoms with Gasteiger partial charge >= 0.3 is 18.1 Å². The average molecular weight is 574 g/mol. The number of nitrogens with one attached hydrogen (secondary N) is 1. The number of likely N-dealkylation sites (tertiary alicyclic amines) is 1. The van der Waals surface area contributed by atoms with Crippen LogP contribution in [0.1, 0.15) is 18.4 Å². The third kappa shape index (κ3) is 5.13. The van der Waals surface area contributed by atoms with E-state index >= 15 is 0 Å². The predicted octanol–water partition coefficient (Wildman–Crippen LogP) is 2.34. The Labute approximate surface area is 216 Å². The minimum Gasteiger partial charge on any atom is -0.462 e. The molecular formula is C23H22F3N3O7S2. The highest BCUT2D eigenvalue weighted by molar-refractivity contribution is 7.91. The number of nitrogens with zero attached hydrogens (tertiary/aromatic N) is 2. The summed E-state index contributed by atoms with van der Waals surface area (Å²) in [5.74, 6) is -1.96. The van der Waals surface area contributed by atoms with Crippen LogP contribution in [0.4, 0.5) is 13.2 Å². The molecule has 4 rings (SSSR count). The Kier molecular flexibility index (Phi) is 7.29. The van der Waals surface area contributed by atoms with Gasteiger partial charge in [0.05, 0.1) is 23.1 Å². The van der Waals surface area contributed by atoms with E-state index in [2.05, 4.69) is 9.46 Å². The van der Waals surface area contributed by atoms with Crippen LogP contribution in [0.25, 0.3) is 10.9 Å². The summed E-state index contributed by atoms with van der Waals surface area (Å²) in [5, 5.41) is -0.787. The monoisotopic (exact) mass is 573 g/mol. The van der Waals surface area contributed by atoms with Crippen LogP contribution >= 0.6 is 0 Å². The maximum Gasteiger partial charge on any atom is 0.417 e. The van der Waals surface area contributed by atoms with Gasteiger partial charge in [-0.1, -0.05) is 24.3 Å². The number of methoxy groups -OCH3 is 1. The lowest BCUT2D eigenvalue weighted by atomic mass is 10.1. The molecule has 2 aromatic carbocycles. The van der Waals surface area contributed by atoms with Gasteiger partial charge in [0.25, 0.3) is 10.0 Å². The molecule has 0 unspecified atom stereocenters. The number of fused-ring (bicyclic) bond motifs is 1. The van der Waals surface area contributed by atoms with Crippen molar-refractivity contribution in [1.29, 1.82) is 0 Å². The number of carbonyl (C=O) groups is 2. The van der Waals surface area contributed by atoms with Crippen molar-refractivity contribution in [2.45, 2.75) is 34.9 Å². The maximum atomic E-state index is 13.9. The zero-order valence-electron chi connectivity index (χ0n) is 19.8. The third-order valence-electron chi connectivity index (χ3n) is 6.12. The van der Waals surface area contributed by atoms with Crippen molar-refractivity contribution >= 4 is 42.8 Å². The van der Waals surface area contributed by atoms with Crippen molar-refractivity contribution in [3.8, 4) is 0 Å². The van der Waals surface area contributed by atoms with Gasteiger partial charge in [-0.05, 0) is 37.1 Å². The summed E-state index contributed by atoms with van der Waals surface area (Å²) in [4.78, 5) is 23.5. The molecule has 1 fully saturated rings. The second-order valence-electron chi connectivity index (χ2n) is 8.48. The van der Waals surface area contributed by atoms with Crippen molar-refractivity contribution in [3.63, 3.8) is 0 Å². The Hall–Kier alpha value is -3.43. The Morgan fingerprint density at radius 2 is 1.61 bits per heavy atom. The lowest BCUT2D eigenvalue weighted by Gasteiger charge is -2.31. The average Bonchev–Trinajstić information content (AvgIpc) is 3.30. The molecule has 0 aliphatic carbocycles. The van der Waals surface area contributed by atoms with E-state index in [-0.39, 0.29) is 30.8 Å². The quantitative estimate of drug-likeness (QED) is 0.366. The van der Waals surface area contributed by atoms with Crippen LogP contribution in [-0.4, -0.2) is 63.8 Å². The van der Waals surface area contributed by atoms with E-state index in [0.717, 1.165) is 19.2 Å². The van der Waals surface area contributed by atoms with Crippen LogP contribution < -0.4 is 4.72 Å². The molecule has 0 atom stereocenters. The van der Waals surface area contributed by atoms with Gasteiger partial charge < -0.3 is 9.64 Å². The van der Waals surface area contributed by atoms with Gasteiger partial charge in [0.2, 0.25) is 10.0 Å². The van der Waals surface area contributed by atoms with Crippen LogP contribution in [0.2, 0.25) is 0 Å². The second kappa shape index (κ2) is 10.0. The number of amides is 1. The summed E-state index contributed by atoms with van der Waals surface area (Å²) < 4.78 is 102. The van der Waals surface area contributed by atoms with E-state index in [4.69, 9.17) is 0 Å². The fourth-order valence-electron chi connectivity index (χ4n) is 4.27. The highest BCUT2D eigenvalue weighted by Crippen LogP contribution is 2.39. The minimum absolute atomic E-state index is 0.000925. The number of alkyl halides is 3. The second-order valence-corrected chi connectivity index (χ2v) is 12.0. The van der Waals surface area contributed by atoms with Crippen LogP contribution in [0.3, 0.4) is 0 Å². The summed E-state index contributed by atoms with van der Waals surface area (Å²) in [7, 11) is -8.09. The summed E-state index contributed by atoms with van der Waals surface area (Å²) >= 11 is 0. The lowest BCUT2D eigenvalue weighted by Crippen LogP contribution is -2.48. The molecule has 1 N–H and O–H groups in total. The van der Waals surface area contributed by atoms with Gasteiger partial charge in [-0.2, -0.15) is 13.2 Å². The summed E-state index contributed by atoms with van der Waals surface area (Å²) in [5.41, 5.74) is -1.77. The first kappa shape index (κ1) is 27.6. The zero-order chi connectivity index (χ0) is 27.9. The van der Waals surface area contributed by atoms with Crippen molar-refractivity contribution in [2.75, 3.05) is 20.2 Å². The largest absolute Gasteiger partial charge is 0.462 e. The molecule has 1 saturated heterocycles. The number of aromatic nitrogens is 1. The molecule has 38 heavy (non-hydrogen) atoms. The molecule has 3 aromatic rings. The first-order chi connectivity index (χ1) is 17.8. The molecule has 15 heteroatoms. The molecule has 1 aromatic heterocycles. The Balaban J connectivity index is 1.76. The van der Waals surface area contributed by atoms with Crippen molar-refractivity contribution < 1.29 is 44.3 Å². The van der Waals surface area contributed by atoms with E-state index in [1.54, 1.807) is 6.07 Å². The van der Waals surface area contributed by atoms with E-state index in [9.17, 15) is 39.6 Å². The highest BCUT2D eigenvalue weighted by Gasteiger charge is 2.38. The number of sulfonamides is 1. The molecule has 2 heterocycles. The van der Waals surface area contributed by atoms with Gasteiger partial charge in [-0.15, -0.1) is 0 Å². The molecule has 204 valence electrons. The fraction of sp³-hybridized carbons (Fsp3) is 0.304.